The summed E-state index contributed by atoms with van der Waals surface area (Å²) < 4.78 is 0. The highest BCUT2D eigenvalue weighted by molar-refractivity contribution is 5.89. The molecule has 0 spiro atoms. The van der Waals surface area contributed by atoms with Gasteiger partial charge in [-0.1, -0.05) is 109 Å². The van der Waals surface area contributed by atoms with Crippen molar-refractivity contribution in [1.82, 2.24) is 0 Å². The van der Waals surface area contributed by atoms with Gasteiger partial charge in [-0.2, -0.15) is 0 Å². The quantitative estimate of drug-likeness (QED) is 0.162. The van der Waals surface area contributed by atoms with Gasteiger partial charge in [-0.15, -0.1) is 0 Å². The highest BCUT2D eigenvalue weighted by Crippen LogP contribution is 2.37. The molecule has 2 heteroatoms. The number of rotatable bonds is 8. The van der Waals surface area contributed by atoms with Crippen molar-refractivity contribution in [1.29, 1.82) is 0 Å². The van der Waals surface area contributed by atoms with Crippen LogP contribution < -0.4 is 9.80 Å². The molecule has 0 aromatic heterocycles. The average Bonchev–Trinajstić information content (AvgIpc) is 3.09. The SMILES string of the molecule is Cc1cc(C)cc(N(c2ccccc2)c2ccc(/C=C/c3ccc(N(c4ccccc4)c4ccc5ccccc5c4)cc3)cc2)c1. The second kappa shape index (κ2) is 13.0. The molecule has 0 aliphatic carbocycles. The molecule has 0 aliphatic heterocycles. The van der Waals surface area contributed by atoms with E-state index in [1.165, 1.54) is 27.6 Å². The second-order valence-corrected chi connectivity index (χ2v) is 11.7. The third-order valence-corrected chi connectivity index (χ3v) is 8.26. The van der Waals surface area contributed by atoms with E-state index in [0.29, 0.717) is 0 Å². The van der Waals surface area contributed by atoms with Gasteiger partial charge in [0.15, 0.2) is 0 Å². The van der Waals surface area contributed by atoms with Crippen LogP contribution in [0.2, 0.25) is 0 Å². The van der Waals surface area contributed by atoms with E-state index in [1.54, 1.807) is 0 Å². The van der Waals surface area contributed by atoms with Crippen molar-refractivity contribution >= 4 is 57.0 Å². The smallest absolute Gasteiger partial charge is 0.0468 e. The van der Waals surface area contributed by atoms with Gasteiger partial charge in [0, 0.05) is 34.1 Å². The van der Waals surface area contributed by atoms with Gasteiger partial charge >= 0.3 is 0 Å². The molecule has 0 amide bonds. The zero-order chi connectivity index (χ0) is 31.3. The first-order valence-corrected chi connectivity index (χ1v) is 15.8. The highest BCUT2D eigenvalue weighted by Gasteiger charge is 2.14. The highest BCUT2D eigenvalue weighted by atomic mass is 15.1. The van der Waals surface area contributed by atoms with Crippen LogP contribution in [0.15, 0.2) is 170 Å². The molecule has 0 unspecified atom stereocenters. The van der Waals surface area contributed by atoms with Crippen LogP contribution in [0.25, 0.3) is 22.9 Å². The van der Waals surface area contributed by atoms with Gasteiger partial charge in [-0.3, -0.25) is 0 Å². The molecule has 222 valence electrons. The van der Waals surface area contributed by atoms with E-state index in [0.717, 1.165) is 39.6 Å². The minimum atomic E-state index is 1.12. The molecule has 7 rings (SSSR count). The summed E-state index contributed by atoms with van der Waals surface area (Å²) in [6.07, 6.45) is 4.36. The lowest BCUT2D eigenvalue weighted by Crippen LogP contribution is -2.10. The maximum Gasteiger partial charge on any atom is 0.0468 e. The van der Waals surface area contributed by atoms with Gasteiger partial charge < -0.3 is 9.80 Å². The predicted octanol–water partition coefficient (Wildman–Crippen LogP) is 12.6. The monoisotopic (exact) mass is 592 g/mol. The molecule has 7 aromatic carbocycles. The third kappa shape index (κ3) is 6.33. The van der Waals surface area contributed by atoms with E-state index in [-0.39, 0.29) is 0 Å². The second-order valence-electron chi connectivity index (χ2n) is 11.7. The normalized spacial score (nSPS) is 11.2. The Morgan fingerprint density at radius 2 is 0.739 bits per heavy atom. The topological polar surface area (TPSA) is 6.48 Å². The first kappa shape index (κ1) is 28.9. The molecule has 7 aromatic rings. The number of para-hydroxylation sites is 2. The van der Waals surface area contributed by atoms with Gasteiger partial charge in [0.2, 0.25) is 0 Å². The van der Waals surface area contributed by atoms with Crippen molar-refractivity contribution in [2.75, 3.05) is 9.80 Å². The Balaban J connectivity index is 1.14. The molecule has 0 aliphatic rings. The standard InChI is InChI=1S/C44H36N2/c1-33-29-34(2)31-44(30-33)46(40-15-7-4-8-16-40)42-26-21-36(22-27-42)18-17-35-19-24-41(25-20-35)45(39-13-5-3-6-14-39)43-28-23-37-11-9-10-12-38(37)32-43/h3-32H,1-2H3/b18-17+. The van der Waals surface area contributed by atoms with Crippen LogP contribution in [0.5, 0.6) is 0 Å². The summed E-state index contributed by atoms with van der Waals surface area (Å²) in [4.78, 5) is 4.63. The van der Waals surface area contributed by atoms with Gasteiger partial charge in [0.05, 0.1) is 0 Å². The molecular formula is C44H36N2. The van der Waals surface area contributed by atoms with E-state index in [4.69, 9.17) is 0 Å². The summed E-state index contributed by atoms with van der Waals surface area (Å²) in [5.41, 5.74) is 11.7. The fourth-order valence-corrected chi connectivity index (χ4v) is 6.11. The Kier molecular flexibility index (Phi) is 8.17. The molecule has 0 radical (unpaired) electrons. The third-order valence-electron chi connectivity index (χ3n) is 8.26. The zero-order valence-corrected chi connectivity index (χ0v) is 26.2. The first-order chi connectivity index (χ1) is 22.6. The first-order valence-electron chi connectivity index (χ1n) is 15.8. The molecule has 2 nitrogen and oxygen atoms in total. The van der Waals surface area contributed by atoms with E-state index in [2.05, 4.69) is 206 Å². The lowest BCUT2D eigenvalue weighted by Gasteiger charge is -2.26. The fourth-order valence-electron chi connectivity index (χ4n) is 6.11. The maximum absolute atomic E-state index is 2.32. The van der Waals surface area contributed by atoms with Crippen LogP contribution in [-0.2, 0) is 0 Å². The minimum Gasteiger partial charge on any atom is -0.310 e. The van der Waals surface area contributed by atoms with Gasteiger partial charge in [-0.25, -0.2) is 0 Å². The van der Waals surface area contributed by atoms with E-state index >= 15 is 0 Å². The number of hydrogen-bond acceptors (Lipinski definition) is 2. The number of hydrogen-bond donors (Lipinski definition) is 0. The van der Waals surface area contributed by atoms with Crippen molar-refractivity contribution in [3.63, 3.8) is 0 Å². The summed E-state index contributed by atoms with van der Waals surface area (Å²) >= 11 is 0. The Hall–Kier alpha value is -5.86. The van der Waals surface area contributed by atoms with Crippen LogP contribution in [-0.4, -0.2) is 0 Å². The minimum absolute atomic E-state index is 1.12. The van der Waals surface area contributed by atoms with Gasteiger partial charge in [-0.05, 0) is 120 Å². The summed E-state index contributed by atoms with van der Waals surface area (Å²) in [5.74, 6) is 0. The number of aryl methyl sites for hydroxylation is 2. The van der Waals surface area contributed by atoms with Crippen LogP contribution in [0.3, 0.4) is 0 Å². The number of benzene rings is 7. The Labute approximate surface area is 272 Å². The van der Waals surface area contributed by atoms with Crippen LogP contribution >= 0.6 is 0 Å². The largest absolute Gasteiger partial charge is 0.310 e. The fraction of sp³-hybridized carbons (Fsp3) is 0.0455. The van der Waals surface area contributed by atoms with Crippen molar-refractivity contribution in [3.8, 4) is 0 Å². The van der Waals surface area contributed by atoms with E-state index < -0.39 is 0 Å². The summed E-state index contributed by atoms with van der Waals surface area (Å²) in [6.45, 7) is 4.31. The lowest BCUT2D eigenvalue weighted by molar-refractivity contribution is 1.25. The Morgan fingerprint density at radius 1 is 0.326 bits per heavy atom. The molecular weight excluding hydrogens is 556 g/mol. The number of nitrogens with zero attached hydrogens (tertiary/aromatic N) is 2. The zero-order valence-electron chi connectivity index (χ0n) is 26.2. The summed E-state index contributed by atoms with van der Waals surface area (Å²) in [6, 6.07) is 60.6. The molecule has 0 N–H and O–H groups in total. The van der Waals surface area contributed by atoms with Crippen molar-refractivity contribution in [3.05, 3.63) is 192 Å². The Morgan fingerprint density at radius 3 is 1.26 bits per heavy atom. The molecule has 0 saturated heterocycles. The lowest BCUT2D eigenvalue weighted by atomic mass is 10.1. The predicted molar refractivity (Wildman–Crippen MR) is 198 cm³/mol. The van der Waals surface area contributed by atoms with Crippen molar-refractivity contribution < 1.29 is 0 Å². The van der Waals surface area contributed by atoms with Crippen LogP contribution in [0, 0.1) is 13.8 Å². The summed E-state index contributed by atoms with van der Waals surface area (Å²) in [7, 11) is 0. The Bertz CT molecular complexity index is 2080. The molecule has 0 heterocycles. The number of anilines is 6. The van der Waals surface area contributed by atoms with Crippen LogP contribution in [0.1, 0.15) is 22.3 Å². The van der Waals surface area contributed by atoms with Crippen LogP contribution in [0.4, 0.5) is 34.1 Å². The molecule has 0 fully saturated rings. The van der Waals surface area contributed by atoms with E-state index in [9.17, 15) is 0 Å². The molecule has 46 heavy (non-hydrogen) atoms. The van der Waals surface area contributed by atoms with Gasteiger partial charge in [0.25, 0.3) is 0 Å². The molecule has 0 atom stereocenters. The average molecular weight is 593 g/mol. The van der Waals surface area contributed by atoms with Gasteiger partial charge in [0.1, 0.15) is 0 Å². The molecule has 0 saturated carbocycles. The van der Waals surface area contributed by atoms with Crippen molar-refractivity contribution in [2.45, 2.75) is 13.8 Å². The molecule has 0 bridgehead atoms. The van der Waals surface area contributed by atoms with E-state index in [1.807, 2.05) is 0 Å². The summed E-state index contributed by atoms with van der Waals surface area (Å²) in [5, 5.41) is 2.47. The van der Waals surface area contributed by atoms with Crippen molar-refractivity contribution in [2.24, 2.45) is 0 Å². The number of fused-ring (bicyclic) bond motifs is 1. The maximum atomic E-state index is 2.32.